The van der Waals surface area contributed by atoms with Gasteiger partial charge >= 0.3 is 5.97 Å². The minimum Gasteiger partial charge on any atom is -0.490 e. The van der Waals surface area contributed by atoms with Crippen molar-refractivity contribution < 1.29 is 19.4 Å². The van der Waals surface area contributed by atoms with Crippen molar-refractivity contribution in [3.63, 3.8) is 0 Å². The van der Waals surface area contributed by atoms with Crippen LogP contribution >= 0.6 is 22.9 Å². The van der Waals surface area contributed by atoms with Crippen LogP contribution in [0.4, 0.5) is 0 Å². The molecule has 1 heterocycles. The molecule has 0 aliphatic heterocycles. The molecule has 0 aliphatic rings. The lowest BCUT2D eigenvalue weighted by atomic mass is 10.2. The molecule has 4 nitrogen and oxygen atoms in total. The quantitative estimate of drug-likeness (QED) is 0.905. The lowest BCUT2D eigenvalue weighted by Crippen LogP contribution is -1.97. The molecule has 2 rings (SSSR count). The standard InChI is InChI=1S/C13H13ClO4S/c1-3-17-8-5-7-10(6-9(8)18-4-2)19-12(11(7)14)13(15)16/h5-6H,3-4H2,1-2H3,(H,15,16). The molecular weight excluding hydrogens is 288 g/mol. The van der Waals surface area contributed by atoms with Crippen LogP contribution in [0.15, 0.2) is 12.1 Å². The van der Waals surface area contributed by atoms with Gasteiger partial charge in [-0.25, -0.2) is 4.79 Å². The number of halogens is 1. The number of thiophene rings is 1. The van der Waals surface area contributed by atoms with Crippen molar-refractivity contribution in [2.24, 2.45) is 0 Å². The van der Waals surface area contributed by atoms with Gasteiger partial charge in [-0.1, -0.05) is 11.6 Å². The van der Waals surface area contributed by atoms with E-state index in [-0.39, 0.29) is 9.90 Å². The summed E-state index contributed by atoms with van der Waals surface area (Å²) in [4.78, 5) is 11.2. The van der Waals surface area contributed by atoms with Gasteiger partial charge in [-0.3, -0.25) is 0 Å². The molecule has 1 N–H and O–H groups in total. The molecule has 0 bridgehead atoms. The average Bonchev–Trinajstić information content (AvgIpc) is 2.68. The minimum atomic E-state index is -1.03. The maximum atomic E-state index is 11.1. The highest BCUT2D eigenvalue weighted by Crippen LogP contribution is 2.41. The van der Waals surface area contributed by atoms with Gasteiger partial charge in [0.2, 0.25) is 0 Å². The Kier molecular flexibility index (Phi) is 4.17. The number of carboxylic acid groups (broad SMARTS) is 1. The van der Waals surface area contributed by atoms with E-state index in [1.54, 1.807) is 12.1 Å². The first kappa shape index (κ1) is 14.0. The smallest absolute Gasteiger partial charge is 0.347 e. The average molecular weight is 301 g/mol. The highest BCUT2D eigenvalue weighted by atomic mass is 35.5. The second kappa shape index (κ2) is 5.67. The van der Waals surface area contributed by atoms with Gasteiger partial charge in [0.25, 0.3) is 0 Å². The lowest BCUT2D eigenvalue weighted by Gasteiger charge is -2.10. The molecule has 19 heavy (non-hydrogen) atoms. The fraction of sp³-hybridized carbons (Fsp3) is 0.308. The summed E-state index contributed by atoms with van der Waals surface area (Å²) in [5.41, 5.74) is 0. The number of benzene rings is 1. The number of carboxylic acids is 1. The van der Waals surface area contributed by atoms with E-state index in [1.165, 1.54) is 0 Å². The third-order valence-electron chi connectivity index (χ3n) is 2.49. The third kappa shape index (κ3) is 2.62. The highest BCUT2D eigenvalue weighted by molar-refractivity contribution is 7.21. The molecule has 0 aliphatic carbocycles. The van der Waals surface area contributed by atoms with E-state index in [1.807, 2.05) is 13.8 Å². The first-order valence-corrected chi connectivity index (χ1v) is 7.02. The molecule has 0 amide bonds. The monoisotopic (exact) mass is 300 g/mol. The van der Waals surface area contributed by atoms with Crippen LogP contribution in [0.5, 0.6) is 11.5 Å². The number of ether oxygens (including phenoxy) is 2. The first-order valence-electron chi connectivity index (χ1n) is 5.83. The van der Waals surface area contributed by atoms with Crippen LogP contribution in [-0.2, 0) is 0 Å². The summed E-state index contributed by atoms with van der Waals surface area (Å²) in [6.07, 6.45) is 0. The second-order valence-corrected chi connectivity index (χ2v) is 5.14. The van der Waals surface area contributed by atoms with Gasteiger partial charge in [0.1, 0.15) is 4.88 Å². The molecule has 0 unspecified atom stereocenters. The molecule has 0 saturated carbocycles. The topological polar surface area (TPSA) is 55.8 Å². The van der Waals surface area contributed by atoms with E-state index in [0.29, 0.717) is 30.1 Å². The number of rotatable bonds is 5. The Hall–Kier alpha value is -1.46. The van der Waals surface area contributed by atoms with E-state index in [2.05, 4.69) is 0 Å². The lowest BCUT2D eigenvalue weighted by molar-refractivity contribution is 0.0702. The van der Waals surface area contributed by atoms with Crippen molar-refractivity contribution in [2.75, 3.05) is 13.2 Å². The van der Waals surface area contributed by atoms with Crippen molar-refractivity contribution in [2.45, 2.75) is 13.8 Å². The first-order chi connectivity index (χ1) is 9.08. The molecule has 0 saturated heterocycles. The number of hydrogen-bond acceptors (Lipinski definition) is 4. The molecule has 0 atom stereocenters. The Labute approximate surface area is 119 Å². The summed E-state index contributed by atoms with van der Waals surface area (Å²) >= 11 is 7.22. The summed E-state index contributed by atoms with van der Waals surface area (Å²) < 4.78 is 11.8. The zero-order valence-electron chi connectivity index (χ0n) is 10.5. The van der Waals surface area contributed by atoms with Gasteiger partial charge in [0.05, 0.1) is 18.2 Å². The molecule has 0 radical (unpaired) electrons. The number of carbonyl (C=O) groups is 1. The Morgan fingerprint density at radius 3 is 2.37 bits per heavy atom. The van der Waals surface area contributed by atoms with Gasteiger partial charge in [-0.05, 0) is 19.9 Å². The molecular formula is C13H13ClO4S. The van der Waals surface area contributed by atoms with Gasteiger partial charge < -0.3 is 14.6 Å². The number of hydrogen-bond donors (Lipinski definition) is 1. The van der Waals surface area contributed by atoms with Crippen molar-refractivity contribution >= 4 is 39.0 Å². The zero-order chi connectivity index (χ0) is 14.0. The zero-order valence-corrected chi connectivity index (χ0v) is 12.1. The summed E-state index contributed by atoms with van der Waals surface area (Å²) in [5, 5.41) is 10.00. The van der Waals surface area contributed by atoms with Crippen LogP contribution < -0.4 is 9.47 Å². The molecule has 1 aromatic carbocycles. The van der Waals surface area contributed by atoms with Gasteiger partial charge in [-0.15, -0.1) is 11.3 Å². The van der Waals surface area contributed by atoms with Crippen LogP contribution in [0.25, 0.3) is 10.1 Å². The predicted molar refractivity (Wildman–Crippen MR) is 76.1 cm³/mol. The summed E-state index contributed by atoms with van der Waals surface area (Å²) in [5.74, 6) is 0.155. The van der Waals surface area contributed by atoms with Gasteiger partial charge in [-0.2, -0.15) is 0 Å². The van der Waals surface area contributed by atoms with Crippen LogP contribution in [-0.4, -0.2) is 24.3 Å². The largest absolute Gasteiger partial charge is 0.490 e. The fourth-order valence-corrected chi connectivity index (χ4v) is 3.10. The molecule has 2 aromatic rings. The van der Waals surface area contributed by atoms with Crippen molar-refractivity contribution in [3.8, 4) is 11.5 Å². The van der Waals surface area contributed by atoms with E-state index < -0.39 is 5.97 Å². The SMILES string of the molecule is CCOc1cc2sc(C(=O)O)c(Cl)c2cc1OCC. The normalized spacial score (nSPS) is 10.7. The predicted octanol–water partition coefficient (Wildman–Crippen LogP) is 4.05. The molecule has 0 fully saturated rings. The Bertz CT molecular complexity index is 621. The van der Waals surface area contributed by atoms with E-state index in [4.69, 9.17) is 26.2 Å². The molecule has 102 valence electrons. The minimum absolute atomic E-state index is 0.132. The van der Waals surface area contributed by atoms with Crippen LogP contribution in [0.1, 0.15) is 23.5 Å². The second-order valence-electron chi connectivity index (χ2n) is 3.71. The molecule has 1 aromatic heterocycles. The van der Waals surface area contributed by atoms with Gasteiger partial charge in [0, 0.05) is 16.2 Å². The van der Waals surface area contributed by atoms with Crippen LogP contribution in [0, 0.1) is 0 Å². The van der Waals surface area contributed by atoms with Gasteiger partial charge in [0.15, 0.2) is 11.5 Å². The van der Waals surface area contributed by atoms with Crippen LogP contribution in [0.2, 0.25) is 5.02 Å². The third-order valence-corrected chi connectivity index (χ3v) is 4.13. The molecule has 0 spiro atoms. The van der Waals surface area contributed by atoms with Crippen molar-refractivity contribution in [1.29, 1.82) is 0 Å². The maximum Gasteiger partial charge on any atom is 0.347 e. The highest BCUT2D eigenvalue weighted by Gasteiger charge is 2.19. The summed E-state index contributed by atoms with van der Waals surface area (Å²) in [7, 11) is 0. The van der Waals surface area contributed by atoms with Crippen LogP contribution in [0.3, 0.4) is 0 Å². The van der Waals surface area contributed by atoms with E-state index in [0.717, 1.165) is 16.0 Å². The molecule has 6 heteroatoms. The fourth-order valence-electron chi connectivity index (χ4n) is 1.75. The summed E-state index contributed by atoms with van der Waals surface area (Å²) in [6.45, 7) is 4.76. The Morgan fingerprint density at radius 2 is 1.84 bits per heavy atom. The number of fused-ring (bicyclic) bond motifs is 1. The summed E-state index contributed by atoms with van der Waals surface area (Å²) in [6, 6.07) is 3.50. The Balaban J connectivity index is 2.63. The van der Waals surface area contributed by atoms with E-state index in [9.17, 15) is 4.79 Å². The van der Waals surface area contributed by atoms with Crippen molar-refractivity contribution in [3.05, 3.63) is 22.0 Å². The Morgan fingerprint density at radius 1 is 1.26 bits per heavy atom. The maximum absolute atomic E-state index is 11.1. The van der Waals surface area contributed by atoms with Crippen molar-refractivity contribution in [1.82, 2.24) is 0 Å². The number of aromatic carboxylic acids is 1. The van der Waals surface area contributed by atoms with E-state index >= 15 is 0 Å².